The molecule has 0 aliphatic carbocycles. The Balaban J connectivity index is 2.64. The molecule has 1 aromatic heterocycles. The van der Waals surface area contributed by atoms with E-state index in [4.69, 9.17) is 11.1 Å². The highest BCUT2D eigenvalue weighted by atomic mass is 15.2. The summed E-state index contributed by atoms with van der Waals surface area (Å²) in [6, 6.07) is 3.83. The second-order valence-corrected chi connectivity index (χ2v) is 3.77. The van der Waals surface area contributed by atoms with Crippen molar-refractivity contribution in [2.24, 2.45) is 11.7 Å². The van der Waals surface area contributed by atoms with Crippen LogP contribution in [0.15, 0.2) is 12.1 Å². The summed E-state index contributed by atoms with van der Waals surface area (Å²) in [6.45, 7) is 4.49. The molecule has 1 unspecified atom stereocenters. The largest absolute Gasteiger partial charge is 0.387 e. The van der Waals surface area contributed by atoms with Crippen LogP contribution in [0.5, 0.6) is 0 Å². The molecule has 0 saturated heterocycles. The molecular formula is C10H17N5. The molecule has 0 aliphatic rings. The van der Waals surface area contributed by atoms with Gasteiger partial charge in [-0.25, -0.2) is 0 Å². The van der Waals surface area contributed by atoms with Crippen LogP contribution in [-0.4, -0.2) is 29.6 Å². The molecule has 0 aliphatic heterocycles. The fourth-order valence-electron chi connectivity index (χ4n) is 1.20. The number of rotatable bonds is 4. The van der Waals surface area contributed by atoms with Crippen molar-refractivity contribution in [1.82, 2.24) is 10.2 Å². The highest BCUT2D eigenvalue weighted by molar-refractivity contribution is 5.79. The summed E-state index contributed by atoms with van der Waals surface area (Å²) in [4.78, 5) is 1.94. The SMILES string of the molecule is Cc1ccc(N(C)CC(C)C(=N)N)nn1. The molecule has 0 fully saturated rings. The van der Waals surface area contributed by atoms with E-state index in [0.717, 1.165) is 11.5 Å². The Labute approximate surface area is 89.8 Å². The summed E-state index contributed by atoms with van der Waals surface area (Å²) in [7, 11) is 1.92. The number of hydrogen-bond donors (Lipinski definition) is 2. The summed E-state index contributed by atoms with van der Waals surface area (Å²) in [5, 5.41) is 15.3. The van der Waals surface area contributed by atoms with Gasteiger partial charge in [-0.2, -0.15) is 5.10 Å². The quantitative estimate of drug-likeness (QED) is 0.565. The fraction of sp³-hybridized carbons (Fsp3) is 0.500. The van der Waals surface area contributed by atoms with Crippen LogP contribution in [0.2, 0.25) is 0 Å². The van der Waals surface area contributed by atoms with Crippen LogP contribution in [0.1, 0.15) is 12.6 Å². The summed E-state index contributed by atoms with van der Waals surface area (Å²) in [5.74, 6) is 1.02. The van der Waals surface area contributed by atoms with Gasteiger partial charge >= 0.3 is 0 Å². The minimum atomic E-state index is 0.0260. The van der Waals surface area contributed by atoms with E-state index in [1.54, 1.807) is 0 Å². The molecule has 3 N–H and O–H groups in total. The molecule has 1 rings (SSSR count). The molecule has 0 aromatic carbocycles. The number of aromatic nitrogens is 2. The lowest BCUT2D eigenvalue weighted by Gasteiger charge is -2.21. The van der Waals surface area contributed by atoms with E-state index in [-0.39, 0.29) is 11.8 Å². The van der Waals surface area contributed by atoms with E-state index >= 15 is 0 Å². The maximum absolute atomic E-state index is 7.31. The van der Waals surface area contributed by atoms with Gasteiger partial charge in [0, 0.05) is 19.5 Å². The van der Waals surface area contributed by atoms with Crippen molar-refractivity contribution in [2.45, 2.75) is 13.8 Å². The minimum Gasteiger partial charge on any atom is -0.387 e. The van der Waals surface area contributed by atoms with Gasteiger partial charge in [0.2, 0.25) is 0 Å². The van der Waals surface area contributed by atoms with Gasteiger partial charge in [-0.3, -0.25) is 5.41 Å². The molecule has 0 spiro atoms. The molecular weight excluding hydrogens is 190 g/mol. The number of amidine groups is 1. The van der Waals surface area contributed by atoms with E-state index < -0.39 is 0 Å². The lowest BCUT2D eigenvalue weighted by Crippen LogP contribution is -2.32. The Hall–Kier alpha value is -1.65. The van der Waals surface area contributed by atoms with Crippen molar-refractivity contribution in [3.63, 3.8) is 0 Å². The highest BCUT2D eigenvalue weighted by Gasteiger charge is 2.10. The van der Waals surface area contributed by atoms with E-state index in [0.29, 0.717) is 6.54 Å². The van der Waals surface area contributed by atoms with Gasteiger partial charge in [-0.1, -0.05) is 6.92 Å². The summed E-state index contributed by atoms with van der Waals surface area (Å²) >= 11 is 0. The van der Waals surface area contributed by atoms with Gasteiger partial charge in [0.1, 0.15) is 0 Å². The lowest BCUT2D eigenvalue weighted by molar-refractivity contribution is 0.716. The Kier molecular flexibility index (Phi) is 3.60. The Bertz CT molecular complexity index is 332. The first kappa shape index (κ1) is 11.4. The second kappa shape index (κ2) is 4.72. The standard InChI is InChI=1S/C10H17N5/c1-7(10(11)12)6-15(3)9-5-4-8(2)13-14-9/h4-5,7H,6H2,1-3H3,(H3,11,12). The number of anilines is 1. The van der Waals surface area contributed by atoms with Crippen LogP contribution in [0, 0.1) is 18.3 Å². The predicted octanol–water partition coefficient (Wildman–Crippen LogP) is 0.793. The predicted molar refractivity (Wildman–Crippen MR) is 61.1 cm³/mol. The first-order valence-corrected chi connectivity index (χ1v) is 4.86. The molecule has 5 heteroatoms. The average molecular weight is 207 g/mol. The normalized spacial score (nSPS) is 12.2. The van der Waals surface area contributed by atoms with Crippen LogP contribution in [0.3, 0.4) is 0 Å². The van der Waals surface area contributed by atoms with Crippen LogP contribution in [0.25, 0.3) is 0 Å². The third-order valence-electron chi connectivity index (χ3n) is 2.25. The summed E-state index contributed by atoms with van der Waals surface area (Å²) < 4.78 is 0. The smallest absolute Gasteiger partial charge is 0.151 e. The van der Waals surface area contributed by atoms with Crippen molar-refractivity contribution in [2.75, 3.05) is 18.5 Å². The first-order chi connectivity index (χ1) is 7.00. The molecule has 1 atom stereocenters. The van der Waals surface area contributed by atoms with Crippen LogP contribution < -0.4 is 10.6 Å². The van der Waals surface area contributed by atoms with Crippen LogP contribution >= 0.6 is 0 Å². The Morgan fingerprint density at radius 1 is 1.53 bits per heavy atom. The van der Waals surface area contributed by atoms with Crippen LogP contribution in [-0.2, 0) is 0 Å². The van der Waals surface area contributed by atoms with E-state index in [1.165, 1.54) is 0 Å². The van der Waals surface area contributed by atoms with Crippen molar-refractivity contribution >= 4 is 11.7 Å². The van der Waals surface area contributed by atoms with Crippen molar-refractivity contribution in [3.05, 3.63) is 17.8 Å². The zero-order chi connectivity index (χ0) is 11.4. The van der Waals surface area contributed by atoms with E-state index in [1.807, 2.05) is 37.9 Å². The lowest BCUT2D eigenvalue weighted by atomic mass is 10.1. The Morgan fingerprint density at radius 3 is 2.67 bits per heavy atom. The molecule has 15 heavy (non-hydrogen) atoms. The third-order valence-corrected chi connectivity index (χ3v) is 2.25. The monoisotopic (exact) mass is 207 g/mol. The summed E-state index contributed by atoms with van der Waals surface area (Å²) in [5.41, 5.74) is 6.30. The first-order valence-electron chi connectivity index (χ1n) is 4.86. The molecule has 0 radical (unpaired) electrons. The number of nitrogens with zero attached hydrogens (tertiary/aromatic N) is 3. The van der Waals surface area contributed by atoms with Gasteiger partial charge in [-0.05, 0) is 19.1 Å². The van der Waals surface area contributed by atoms with Gasteiger partial charge in [0.25, 0.3) is 0 Å². The van der Waals surface area contributed by atoms with E-state index in [2.05, 4.69) is 10.2 Å². The zero-order valence-corrected chi connectivity index (χ0v) is 9.36. The number of nitrogens with one attached hydrogen (secondary N) is 1. The van der Waals surface area contributed by atoms with Gasteiger partial charge in [0.15, 0.2) is 5.82 Å². The molecule has 0 saturated carbocycles. The van der Waals surface area contributed by atoms with Crippen LogP contribution in [0.4, 0.5) is 5.82 Å². The van der Waals surface area contributed by atoms with Crippen molar-refractivity contribution in [1.29, 1.82) is 5.41 Å². The maximum atomic E-state index is 7.31. The maximum Gasteiger partial charge on any atom is 0.151 e. The zero-order valence-electron chi connectivity index (χ0n) is 9.36. The molecule has 1 heterocycles. The van der Waals surface area contributed by atoms with Gasteiger partial charge < -0.3 is 10.6 Å². The number of hydrogen-bond acceptors (Lipinski definition) is 4. The molecule has 0 bridgehead atoms. The fourth-order valence-corrected chi connectivity index (χ4v) is 1.20. The highest BCUT2D eigenvalue weighted by Crippen LogP contribution is 2.09. The average Bonchev–Trinajstić information content (AvgIpc) is 2.18. The van der Waals surface area contributed by atoms with Crippen molar-refractivity contribution < 1.29 is 0 Å². The van der Waals surface area contributed by atoms with Gasteiger partial charge in [0.05, 0.1) is 11.5 Å². The molecule has 0 amide bonds. The topological polar surface area (TPSA) is 78.9 Å². The number of nitrogens with two attached hydrogens (primary N) is 1. The third kappa shape index (κ3) is 3.19. The number of aryl methyl sites for hydroxylation is 1. The Morgan fingerprint density at radius 2 is 2.20 bits per heavy atom. The minimum absolute atomic E-state index is 0.0260. The summed E-state index contributed by atoms with van der Waals surface area (Å²) in [6.07, 6.45) is 0. The second-order valence-electron chi connectivity index (χ2n) is 3.77. The molecule has 82 valence electrons. The van der Waals surface area contributed by atoms with Crippen molar-refractivity contribution in [3.8, 4) is 0 Å². The van der Waals surface area contributed by atoms with Gasteiger partial charge in [-0.15, -0.1) is 5.10 Å². The van der Waals surface area contributed by atoms with E-state index in [9.17, 15) is 0 Å². The molecule has 5 nitrogen and oxygen atoms in total. The molecule has 1 aromatic rings.